The van der Waals surface area contributed by atoms with Gasteiger partial charge >= 0.3 is 0 Å². The first-order chi connectivity index (χ1) is 12.9. The lowest BCUT2D eigenvalue weighted by atomic mass is 9.93. The van der Waals surface area contributed by atoms with Gasteiger partial charge in [0.05, 0.1) is 5.75 Å². The zero-order valence-corrected chi connectivity index (χ0v) is 17.0. The molecule has 7 heteroatoms. The van der Waals surface area contributed by atoms with E-state index in [4.69, 9.17) is 11.6 Å². The third-order valence-electron chi connectivity index (χ3n) is 6.55. The number of benzene rings is 1. The second kappa shape index (κ2) is 7.72. The summed E-state index contributed by atoms with van der Waals surface area (Å²) in [7, 11) is -3.37. The monoisotopic (exact) mass is 410 g/mol. The largest absolute Gasteiger partial charge is 0.353 e. The van der Waals surface area contributed by atoms with E-state index in [-0.39, 0.29) is 17.6 Å². The van der Waals surface area contributed by atoms with Crippen LogP contribution in [0.25, 0.3) is 0 Å². The number of halogens is 1. The molecule has 3 aliphatic rings. The van der Waals surface area contributed by atoms with Gasteiger partial charge in [-0.2, -0.15) is 0 Å². The number of amides is 1. The molecule has 1 N–H and O–H groups in total. The lowest BCUT2D eigenvalue weighted by Gasteiger charge is -2.32. The van der Waals surface area contributed by atoms with Gasteiger partial charge in [-0.15, -0.1) is 0 Å². The summed E-state index contributed by atoms with van der Waals surface area (Å²) >= 11 is 5.86. The van der Waals surface area contributed by atoms with Gasteiger partial charge in [0, 0.05) is 30.1 Å². The fraction of sp³-hybridized carbons (Fsp3) is 0.650. The zero-order chi connectivity index (χ0) is 19.0. The first kappa shape index (κ1) is 19.2. The van der Waals surface area contributed by atoms with Crippen LogP contribution in [0.3, 0.4) is 0 Å². The topological polar surface area (TPSA) is 66.5 Å². The normalized spacial score (nSPS) is 29.1. The number of hydrogen-bond donors (Lipinski definition) is 1. The minimum Gasteiger partial charge on any atom is -0.353 e. The Labute approximate surface area is 166 Å². The maximum absolute atomic E-state index is 12.7. The molecule has 4 rings (SSSR count). The number of sulfonamides is 1. The van der Waals surface area contributed by atoms with E-state index in [2.05, 4.69) is 5.32 Å². The highest BCUT2D eigenvalue weighted by atomic mass is 35.5. The highest BCUT2D eigenvalue weighted by molar-refractivity contribution is 7.88. The molecule has 1 amide bonds. The van der Waals surface area contributed by atoms with Crippen LogP contribution in [0.1, 0.15) is 44.1 Å². The number of carbonyl (C=O) groups is 1. The second-order valence-electron chi connectivity index (χ2n) is 8.35. The van der Waals surface area contributed by atoms with Crippen molar-refractivity contribution in [2.75, 3.05) is 13.1 Å². The second-order valence-corrected chi connectivity index (χ2v) is 10.8. The number of carbonyl (C=O) groups excluding carboxylic acids is 1. The summed E-state index contributed by atoms with van der Waals surface area (Å²) in [6, 6.07) is 7.25. The van der Waals surface area contributed by atoms with Crippen LogP contribution in [0.4, 0.5) is 0 Å². The molecule has 2 bridgehead atoms. The molecule has 1 aromatic carbocycles. The summed E-state index contributed by atoms with van der Waals surface area (Å²) in [4.78, 5) is 12.6. The van der Waals surface area contributed by atoms with E-state index in [9.17, 15) is 13.2 Å². The van der Waals surface area contributed by atoms with Gasteiger partial charge in [-0.1, -0.05) is 30.2 Å². The quantitative estimate of drug-likeness (QED) is 0.810. The van der Waals surface area contributed by atoms with E-state index >= 15 is 0 Å². The van der Waals surface area contributed by atoms with Gasteiger partial charge in [-0.05, 0) is 61.6 Å². The first-order valence-corrected chi connectivity index (χ1v) is 11.9. The maximum Gasteiger partial charge on any atom is 0.223 e. The molecule has 148 valence electrons. The van der Waals surface area contributed by atoms with Gasteiger partial charge in [0.2, 0.25) is 15.9 Å². The molecule has 3 unspecified atom stereocenters. The van der Waals surface area contributed by atoms with Crippen molar-refractivity contribution in [1.29, 1.82) is 0 Å². The van der Waals surface area contributed by atoms with Gasteiger partial charge < -0.3 is 5.32 Å². The molecule has 0 spiro atoms. The smallest absolute Gasteiger partial charge is 0.223 e. The molecule has 0 aromatic heterocycles. The molecule has 3 fully saturated rings. The van der Waals surface area contributed by atoms with E-state index in [0.29, 0.717) is 42.9 Å². The molecule has 3 atom stereocenters. The predicted molar refractivity (Wildman–Crippen MR) is 106 cm³/mol. The Morgan fingerprint density at radius 2 is 1.78 bits per heavy atom. The summed E-state index contributed by atoms with van der Waals surface area (Å²) in [5.74, 6) is 1.51. The van der Waals surface area contributed by atoms with Crippen molar-refractivity contribution in [1.82, 2.24) is 9.62 Å². The summed E-state index contributed by atoms with van der Waals surface area (Å²) in [6.45, 7) is 0.843. The number of nitrogens with one attached hydrogen (secondary N) is 1. The van der Waals surface area contributed by atoms with Gasteiger partial charge in [-0.25, -0.2) is 12.7 Å². The third-order valence-corrected chi connectivity index (χ3v) is 8.65. The molecule has 1 saturated heterocycles. The van der Waals surface area contributed by atoms with Crippen molar-refractivity contribution in [3.05, 3.63) is 34.9 Å². The third kappa shape index (κ3) is 4.33. The Kier molecular flexibility index (Phi) is 5.50. The van der Waals surface area contributed by atoms with Crippen LogP contribution in [-0.4, -0.2) is 37.8 Å². The van der Waals surface area contributed by atoms with E-state index in [1.165, 1.54) is 23.6 Å². The van der Waals surface area contributed by atoms with Crippen LogP contribution >= 0.6 is 11.6 Å². The van der Waals surface area contributed by atoms with Crippen molar-refractivity contribution >= 4 is 27.5 Å². The molecule has 0 radical (unpaired) electrons. The van der Waals surface area contributed by atoms with Crippen molar-refractivity contribution in [2.45, 2.75) is 50.3 Å². The van der Waals surface area contributed by atoms with Crippen molar-refractivity contribution in [3.63, 3.8) is 0 Å². The molecule has 2 saturated carbocycles. The highest BCUT2D eigenvalue weighted by Crippen LogP contribution is 2.44. The Balaban J connectivity index is 1.29. The number of fused-ring (bicyclic) bond motifs is 2. The average Bonchev–Trinajstić information content (AvgIpc) is 3.27. The van der Waals surface area contributed by atoms with E-state index < -0.39 is 10.0 Å². The Morgan fingerprint density at radius 3 is 2.37 bits per heavy atom. The van der Waals surface area contributed by atoms with E-state index in [1.807, 2.05) is 0 Å². The standard InChI is InChI=1S/C20H27ClN2O3S/c21-18-5-2-14(3-6-18)13-27(25,26)23-9-7-16(8-10-23)20(24)22-19-12-15-1-4-17(19)11-15/h2-3,5-6,15-17,19H,1,4,7-13H2,(H,22,24). The molecular weight excluding hydrogens is 384 g/mol. The van der Waals surface area contributed by atoms with Gasteiger partial charge in [-0.3, -0.25) is 4.79 Å². The van der Waals surface area contributed by atoms with Crippen LogP contribution in [0.15, 0.2) is 24.3 Å². The molecule has 1 aliphatic heterocycles. The Bertz CT molecular complexity index is 788. The minimum absolute atomic E-state index is 0.0217. The Hall–Kier alpha value is -1.11. The Morgan fingerprint density at radius 1 is 1.07 bits per heavy atom. The van der Waals surface area contributed by atoms with E-state index in [1.54, 1.807) is 24.3 Å². The fourth-order valence-corrected chi connectivity index (χ4v) is 6.69. The van der Waals surface area contributed by atoms with Gasteiger partial charge in [0.1, 0.15) is 0 Å². The van der Waals surface area contributed by atoms with Crippen molar-refractivity contribution < 1.29 is 13.2 Å². The maximum atomic E-state index is 12.7. The number of rotatable bonds is 5. The fourth-order valence-electron chi connectivity index (χ4n) is 5.00. The first-order valence-electron chi connectivity index (χ1n) is 9.93. The molecule has 27 heavy (non-hydrogen) atoms. The van der Waals surface area contributed by atoms with Crippen LogP contribution in [0, 0.1) is 17.8 Å². The molecule has 1 heterocycles. The molecule has 2 aliphatic carbocycles. The summed E-state index contributed by atoms with van der Waals surface area (Å²) < 4.78 is 26.9. The van der Waals surface area contributed by atoms with Crippen LogP contribution < -0.4 is 5.32 Å². The average molecular weight is 411 g/mol. The number of piperidine rings is 1. The molecule has 1 aromatic rings. The summed E-state index contributed by atoms with van der Waals surface area (Å²) in [6.07, 6.45) is 6.17. The lowest BCUT2D eigenvalue weighted by molar-refractivity contribution is -0.127. The van der Waals surface area contributed by atoms with Gasteiger partial charge in [0.15, 0.2) is 0 Å². The highest BCUT2D eigenvalue weighted by Gasteiger charge is 2.41. The summed E-state index contributed by atoms with van der Waals surface area (Å²) in [5.41, 5.74) is 0.732. The van der Waals surface area contributed by atoms with E-state index in [0.717, 1.165) is 17.9 Å². The predicted octanol–water partition coefficient (Wildman–Crippen LogP) is 3.19. The van der Waals surface area contributed by atoms with Crippen molar-refractivity contribution in [2.24, 2.45) is 17.8 Å². The lowest BCUT2D eigenvalue weighted by Crippen LogP contribution is -2.46. The molecule has 5 nitrogen and oxygen atoms in total. The molecular formula is C20H27ClN2O3S. The number of hydrogen-bond acceptors (Lipinski definition) is 3. The van der Waals surface area contributed by atoms with Gasteiger partial charge in [0.25, 0.3) is 0 Å². The zero-order valence-electron chi connectivity index (χ0n) is 15.4. The van der Waals surface area contributed by atoms with Crippen LogP contribution in [0.5, 0.6) is 0 Å². The van der Waals surface area contributed by atoms with Crippen LogP contribution in [0.2, 0.25) is 5.02 Å². The van der Waals surface area contributed by atoms with Crippen LogP contribution in [-0.2, 0) is 20.6 Å². The SMILES string of the molecule is O=C(NC1CC2CCC1C2)C1CCN(S(=O)(=O)Cc2ccc(Cl)cc2)CC1. The summed E-state index contributed by atoms with van der Waals surface area (Å²) in [5, 5.41) is 3.86. The van der Waals surface area contributed by atoms with Crippen molar-refractivity contribution in [3.8, 4) is 0 Å². The number of nitrogens with zero attached hydrogens (tertiary/aromatic N) is 1. The minimum atomic E-state index is -3.37.